The Labute approximate surface area is 126 Å². The molecule has 18 heavy (non-hydrogen) atoms. The van der Waals surface area contributed by atoms with Gasteiger partial charge in [-0.05, 0) is 0 Å². The maximum atomic E-state index is 12.7. The van der Waals surface area contributed by atoms with Gasteiger partial charge >= 0.3 is 6.18 Å². The first-order valence-corrected chi connectivity index (χ1v) is 4.73. The summed E-state index contributed by atoms with van der Waals surface area (Å²) in [6.45, 7) is 0. The predicted molar refractivity (Wildman–Crippen MR) is 58.2 cm³/mol. The summed E-state index contributed by atoms with van der Waals surface area (Å²) in [5.41, 5.74) is 5.84. The first-order chi connectivity index (χ1) is 7.80. The Morgan fingerprint density at radius 2 is 1.83 bits per heavy atom. The molecular weight excluding hydrogens is 322 g/mol. The van der Waals surface area contributed by atoms with E-state index in [-0.39, 0.29) is 49.3 Å². The number of alkyl halides is 3. The smallest absolute Gasteiger partial charge is 0.417 e. The van der Waals surface area contributed by atoms with E-state index in [4.69, 9.17) is 5.73 Å². The molecule has 3 nitrogen and oxygen atoms in total. The second-order valence-electron chi connectivity index (χ2n) is 3.68. The number of halogens is 3. The van der Waals surface area contributed by atoms with E-state index in [1.54, 1.807) is 0 Å². The fraction of sp³-hybridized carbons (Fsp3) is 0.182. The molecule has 0 unspecified atom stereocenters. The summed E-state index contributed by atoms with van der Waals surface area (Å²) in [4.78, 5) is 11.4. The van der Waals surface area contributed by atoms with Gasteiger partial charge in [-0.3, -0.25) is 4.79 Å². The van der Waals surface area contributed by atoms with Gasteiger partial charge in [0.1, 0.15) is 0 Å². The van der Waals surface area contributed by atoms with Crippen molar-refractivity contribution in [3.8, 4) is 0 Å². The number of pyridine rings is 1. The number of nitrogens with zero attached hydrogens (tertiary/aromatic N) is 1. The van der Waals surface area contributed by atoms with Crippen LogP contribution in [0.4, 0.5) is 18.9 Å². The number of nitrogens with one attached hydrogen (secondary N) is 1. The zero-order valence-electron chi connectivity index (χ0n) is 9.38. The van der Waals surface area contributed by atoms with Crippen LogP contribution in [0.3, 0.4) is 0 Å². The SMILES string of the molecule is Cn1c(=O)cc(C(F)(F)F)c2ccc([NH-])cc21.[Y]. The average molecular weight is 330 g/mol. The van der Waals surface area contributed by atoms with Gasteiger partial charge in [0.25, 0.3) is 5.56 Å². The van der Waals surface area contributed by atoms with Gasteiger partial charge in [0.2, 0.25) is 0 Å². The summed E-state index contributed by atoms with van der Waals surface area (Å²) in [6, 6.07) is 4.29. The topological polar surface area (TPSA) is 45.8 Å². The normalized spacial score (nSPS) is 11.3. The van der Waals surface area contributed by atoms with Gasteiger partial charge in [0, 0.05) is 51.2 Å². The Hall–Kier alpha value is -0.876. The van der Waals surface area contributed by atoms with Crippen LogP contribution >= 0.6 is 0 Å². The van der Waals surface area contributed by atoms with Crippen molar-refractivity contribution < 1.29 is 45.9 Å². The molecule has 0 aliphatic rings. The molecule has 1 radical (unpaired) electrons. The summed E-state index contributed by atoms with van der Waals surface area (Å²) in [5, 5.41) is -0.0735. The van der Waals surface area contributed by atoms with Crippen molar-refractivity contribution in [2.45, 2.75) is 6.18 Å². The quantitative estimate of drug-likeness (QED) is 0.731. The van der Waals surface area contributed by atoms with Crippen LogP contribution in [0.5, 0.6) is 0 Å². The van der Waals surface area contributed by atoms with Crippen molar-refractivity contribution in [1.29, 1.82) is 0 Å². The molecule has 93 valence electrons. The second-order valence-corrected chi connectivity index (χ2v) is 3.68. The summed E-state index contributed by atoms with van der Waals surface area (Å²) in [6.07, 6.45) is -4.57. The van der Waals surface area contributed by atoms with E-state index in [1.165, 1.54) is 25.2 Å². The zero-order chi connectivity index (χ0) is 12.8. The molecule has 0 atom stereocenters. The average Bonchev–Trinajstić information content (AvgIpc) is 2.22. The van der Waals surface area contributed by atoms with Crippen LogP contribution in [0, 0.1) is 0 Å². The van der Waals surface area contributed by atoms with Gasteiger partial charge in [-0.25, -0.2) is 0 Å². The van der Waals surface area contributed by atoms with E-state index in [0.29, 0.717) is 6.07 Å². The molecule has 0 amide bonds. The Kier molecular flexibility index (Phi) is 4.23. The minimum atomic E-state index is -4.57. The fourth-order valence-corrected chi connectivity index (χ4v) is 1.69. The number of aryl methyl sites for hydroxylation is 1. The molecule has 0 bridgehead atoms. The monoisotopic (exact) mass is 330 g/mol. The molecule has 1 N–H and O–H groups in total. The molecule has 2 rings (SSSR count). The zero-order valence-corrected chi connectivity index (χ0v) is 12.2. The molecule has 0 fully saturated rings. The molecule has 1 heterocycles. The molecule has 0 saturated heterocycles. The van der Waals surface area contributed by atoms with E-state index >= 15 is 0 Å². The van der Waals surface area contributed by atoms with Gasteiger partial charge in [-0.1, -0.05) is 18.2 Å². The maximum Gasteiger partial charge on any atom is 0.417 e. The van der Waals surface area contributed by atoms with Crippen molar-refractivity contribution in [3.63, 3.8) is 0 Å². The van der Waals surface area contributed by atoms with Crippen LogP contribution in [0.15, 0.2) is 29.1 Å². The molecule has 7 heteroatoms. The molecule has 1 aromatic heterocycles. The summed E-state index contributed by atoms with van der Waals surface area (Å²) in [5.74, 6) is 0. The molecule has 0 spiro atoms. The number of hydrogen-bond acceptors (Lipinski definition) is 1. The van der Waals surface area contributed by atoms with Crippen LogP contribution in [0.2, 0.25) is 0 Å². The minimum absolute atomic E-state index is 0. The third kappa shape index (κ3) is 2.59. The van der Waals surface area contributed by atoms with E-state index in [2.05, 4.69) is 0 Å². The van der Waals surface area contributed by atoms with Crippen molar-refractivity contribution in [2.75, 3.05) is 0 Å². The number of aromatic nitrogens is 1. The summed E-state index contributed by atoms with van der Waals surface area (Å²) in [7, 11) is 1.38. The van der Waals surface area contributed by atoms with Crippen molar-refractivity contribution >= 4 is 16.6 Å². The van der Waals surface area contributed by atoms with Crippen molar-refractivity contribution in [1.82, 2.24) is 4.57 Å². The maximum absolute atomic E-state index is 12.7. The molecule has 0 aliphatic carbocycles. The van der Waals surface area contributed by atoms with Crippen LogP contribution in [0.25, 0.3) is 16.6 Å². The minimum Gasteiger partial charge on any atom is -0.699 e. The third-order valence-corrected chi connectivity index (χ3v) is 2.55. The van der Waals surface area contributed by atoms with Gasteiger partial charge in [-0.15, -0.1) is 5.69 Å². The Morgan fingerprint density at radius 3 is 2.39 bits per heavy atom. The van der Waals surface area contributed by atoms with Gasteiger partial charge in [-0.2, -0.15) is 13.2 Å². The molecule has 2 aromatic rings. The van der Waals surface area contributed by atoms with Crippen LogP contribution < -0.4 is 5.56 Å². The van der Waals surface area contributed by atoms with Crippen LogP contribution in [-0.2, 0) is 45.9 Å². The molecular formula is C11H8F3N2OY-. The van der Waals surface area contributed by atoms with Gasteiger partial charge in [0.15, 0.2) is 0 Å². The Morgan fingerprint density at radius 1 is 1.22 bits per heavy atom. The van der Waals surface area contributed by atoms with E-state index in [9.17, 15) is 18.0 Å². The van der Waals surface area contributed by atoms with Gasteiger partial charge < -0.3 is 10.3 Å². The van der Waals surface area contributed by atoms with Gasteiger partial charge in [0.05, 0.1) is 11.1 Å². The van der Waals surface area contributed by atoms with E-state index in [0.717, 1.165) is 4.57 Å². The number of hydrogen-bond donors (Lipinski definition) is 0. The molecule has 0 saturated carbocycles. The first kappa shape index (κ1) is 15.2. The number of rotatable bonds is 0. The Bertz CT molecular complexity index is 649. The first-order valence-electron chi connectivity index (χ1n) is 4.73. The largest absolute Gasteiger partial charge is 0.699 e. The third-order valence-electron chi connectivity index (χ3n) is 2.55. The van der Waals surface area contributed by atoms with Crippen molar-refractivity contribution in [2.24, 2.45) is 7.05 Å². The molecule has 1 aromatic carbocycles. The molecule has 0 aliphatic heterocycles. The standard InChI is InChI=1S/C11H9F3N2O.Y/c1-16-9-4-6(15)2-3-7(9)8(5-10(16)17)11(12,13)14;/h2-5H,1H3,(H2,15,17);/p-1. The van der Waals surface area contributed by atoms with E-state index in [1.807, 2.05) is 0 Å². The summed E-state index contributed by atoms with van der Waals surface area (Å²) >= 11 is 0. The van der Waals surface area contributed by atoms with Crippen molar-refractivity contribution in [3.05, 3.63) is 45.9 Å². The van der Waals surface area contributed by atoms with Crippen LogP contribution in [-0.4, -0.2) is 4.57 Å². The summed E-state index contributed by atoms with van der Waals surface area (Å²) < 4.78 is 39.3. The van der Waals surface area contributed by atoms with Crippen LogP contribution in [0.1, 0.15) is 5.56 Å². The predicted octanol–water partition coefficient (Wildman–Crippen LogP) is 3.24. The fourth-order valence-electron chi connectivity index (χ4n) is 1.69. The van der Waals surface area contributed by atoms with E-state index < -0.39 is 17.3 Å². The Balaban J connectivity index is 0.00000162. The number of benzene rings is 1. The number of fused-ring (bicyclic) bond motifs is 1. The second kappa shape index (κ2) is 5.01.